The SMILES string of the molecule is CCCCCCN(ON1CC=Cc2ccccc21)C(=O)O. The average Bonchev–Trinajstić information content (AvgIpc) is 2.50. The molecule has 21 heavy (non-hydrogen) atoms. The number of hydrogen-bond donors (Lipinski definition) is 1. The number of hydrogen-bond acceptors (Lipinski definition) is 3. The number of hydroxylamine groups is 3. The van der Waals surface area contributed by atoms with Crippen LogP contribution < -0.4 is 5.06 Å². The summed E-state index contributed by atoms with van der Waals surface area (Å²) < 4.78 is 0. The number of para-hydroxylation sites is 1. The van der Waals surface area contributed by atoms with E-state index in [0.29, 0.717) is 13.1 Å². The van der Waals surface area contributed by atoms with Crippen LogP contribution in [-0.2, 0) is 4.94 Å². The molecular formula is C16H22N2O3. The summed E-state index contributed by atoms with van der Waals surface area (Å²) in [6.07, 6.45) is 6.98. The highest BCUT2D eigenvalue weighted by atomic mass is 16.9. The Hall–Kier alpha value is -2.01. The number of nitrogens with zero attached hydrogens (tertiary/aromatic N) is 2. The van der Waals surface area contributed by atoms with Gasteiger partial charge in [-0.15, -0.1) is 4.94 Å². The van der Waals surface area contributed by atoms with Gasteiger partial charge in [-0.2, -0.15) is 5.06 Å². The molecule has 0 spiro atoms. The summed E-state index contributed by atoms with van der Waals surface area (Å²) in [5, 5.41) is 11.9. The lowest BCUT2D eigenvalue weighted by atomic mass is 10.1. The van der Waals surface area contributed by atoms with Crippen LogP contribution in [-0.4, -0.2) is 29.4 Å². The van der Waals surface area contributed by atoms with Gasteiger partial charge in [0.25, 0.3) is 0 Å². The molecule has 5 heteroatoms. The Morgan fingerprint density at radius 2 is 2.14 bits per heavy atom. The van der Waals surface area contributed by atoms with E-state index in [-0.39, 0.29) is 0 Å². The van der Waals surface area contributed by atoms with Crippen molar-refractivity contribution in [3.63, 3.8) is 0 Å². The number of carboxylic acid groups (broad SMARTS) is 1. The first-order chi connectivity index (χ1) is 10.2. The van der Waals surface area contributed by atoms with E-state index in [9.17, 15) is 9.90 Å². The Morgan fingerprint density at radius 1 is 1.33 bits per heavy atom. The average molecular weight is 290 g/mol. The molecule has 1 aromatic carbocycles. The molecule has 1 aliphatic heterocycles. The van der Waals surface area contributed by atoms with Crippen LogP contribution in [0, 0.1) is 0 Å². The van der Waals surface area contributed by atoms with E-state index in [1.807, 2.05) is 36.4 Å². The third-order valence-electron chi connectivity index (χ3n) is 3.40. The van der Waals surface area contributed by atoms with Gasteiger partial charge in [-0.25, -0.2) is 9.86 Å². The molecule has 1 aliphatic rings. The van der Waals surface area contributed by atoms with Crippen molar-refractivity contribution >= 4 is 17.9 Å². The molecule has 2 rings (SSSR count). The molecule has 1 aromatic rings. The van der Waals surface area contributed by atoms with Crippen LogP contribution in [0.5, 0.6) is 0 Å². The molecule has 1 amide bonds. The van der Waals surface area contributed by atoms with E-state index in [2.05, 4.69) is 6.92 Å². The molecule has 0 saturated carbocycles. The highest BCUT2D eigenvalue weighted by molar-refractivity contribution is 5.70. The summed E-state index contributed by atoms with van der Waals surface area (Å²) >= 11 is 0. The van der Waals surface area contributed by atoms with Gasteiger partial charge in [-0.05, 0) is 12.5 Å². The Bertz CT molecular complexity index is 502. The quantitative estimate of drug-likeness (QED) is 0.610. The van der Waals surface area contributed by atoms with Crippen molar-refractivity contribution in [1.82, 2.24) is 5.06 Å². The summed E-state index contributed by atoms with van der Waals surface area (Å²) in [6.45, 7) is 3.05. The zero-order valence-corrected chi connectivity index (χ0v) is 12.4. The van der Waals surface area contributed by atoms with Gasteiger partial charge in [-0.3, -0.25) is 0 Å². The largest absolute Gasteiger partial charge is 0.463 e. The number of anilines is 1. The second kappa shape index (κ2) is 7.69. The summed E-state index contributed by atoms with van der Waals surface area (Å²) in [6, 6.07) is 7.77. The summed E-state index contributed by atoms with van der Waals surface area (Å²) in [7, 11) is 0. The van der Waals surface area contributed by atoms with Crippen LogP contribution in [0.4, 0.5) is 10.5 Å². The molecule has 0 radical (unpaired) electrons. The summed E-state index contributed by atoms with van der Waals surface area (Å²) in [5.41, 5.74) is 1.92. The molecule has 0 saturated heterocycles. The second-order valence-corrected chi connectivity index (χ2v) is 5.05. The third-order valence-corrected chi connectivity index (χ3v) is 3.40. The van der Waals surface area contributed by atoms with E-state index in [1.165, 1.54) is 0 Å². The molecule has 1 N–H and O–H groups in total. The van der Waals surface area contributed by atoms with Gasteiger partial charge >= 0.3 is 6.09 Å². The standard InChI is InChI=1S/C16H22N2O3/c1-2-3-4-7-12-18(16(19)20)21-17-13-8-10-14-9-5-6-11-15(14)17/h5-6,8-11H,2-4,7,12-13H2,1H3,(H,19,20). The number of amides is 1. The van der Waals surface area contributed by atoms with Gasteiger partial charge in [0.05, 0.1) is 18.8 Å². The lowest BCUT2D eigenvalue weighted by Gasteiger charge is -2.30. The minimum Gasteiger partial charge on any atom is -0.463 e. The summed E-state index contributed by atoms with van der Waals surface area (Å²) in [5.74, 6) is 0. The van der Waals surface area contributed by atoms with Crippen molar-refractivity contribution in [3.05, 3.63) is 35.9 Å². The van der Waals surface area contributed by atoms with Crippen LogP contribution in [0.3, 0.4) is 0 Å². The number of rotatable bonds is 7. The van der Waals surface area contributed by atoms with Gasteiger partial charge < -0.3 is 5.11 Å². The van der Waals surface area contributed by atoms with E-state index in [4.69, 9.17) is 4.94 Å². The third kappa shape index (κ3) is 4.23. The zero-order chi connectivity index (χ0) is 15.1. The topological polar surface area (TPSA) is 53.0 Å². The molecule has 114 valence electrons. The van der Waals surface area contributed by atoms with Crippen LogP contribution >= 0.6 is 0 Å². The van der Waals surface area contributed by atoms with Crippen LogP contribution in [0.25, 0.3) is 6.08 Å². The molecule has 0 fully saturated rings. The Balaban J connectivity index is 1.97. The predicted molar refractivity (Wildman–Crippen MR) is 82.8 cm³/mol. The molecule has 0 atom stereocenters. The fourth-order valence-electron chi connectivity index (χ4n) is 2.28. The maximum atomic E-state index is 11.3. The zero-order valence-electron chi connectivity index (χ0n) is 12.4. The van der Waals surface area contributed by atoms with Gasteiger partial charge in [0.2, 0.25) is 0 Å². The highest BCUT2D eigenvalue weighted by Gasteiger charge is 2.20. The van der Waals surface area contributed by atoms with Gasteiger partial charge in [0.1, 0.15) is 0 Å². The Labute approximate surface area is 125 Å². The van der Waals surface area contributed by atoms with E-state index >= 15 is 0 Å². The normalized spacial score (nSPS) is 13.1. The number of carbonyl (C=O) groups is 1. The fraction of sp³-hybridized carbons (Fsp3) is 0.438. The Morgan fingerprint density at radius 3 is 2.90 bits per heavy atom. The van der Waals surface area contributed by atoms with E-state index in [0.717, 1.165) is 42.0 Å². The molecule has 0 aliphatic carbocycles. The summed E-state index contributed by atoms with van der Waals surface area (Å²) in [4.78, 5) is 16.9. The van der Waals surface area contributed by atoms with Gasteiger partial charge in [0.15, 0.2) is 0 Å². The maximum Gasteiger partial charge on any atom is 0.433 e. The first-order valence-corrected chi connectivity index (χ1v) is 7.44. The monoisotopic (exact) mass is 290 g/mol. The van der Waals surface area contributed by atoms with Gasteiger partial charge in [-0.1, -0.05) is 56.5 Å². The van der Waals surface area contributed by atoms with E-state index < -0.39 is 6.09 Å². The number of fused-ring (bicyclic) bond motifs is 1. The number of benzene rings is 1. The van der Waals surface area contributed by atoms with Crippen LogP contribution in [0.15, 0.2) is 30.3 Å². The predicted octanol–water partition coefficient (Wildman–Crippen LogP) is 3.93. The smallest absolute Gasteiger partial charge is 0.433 e. The number of unbranched alkanes of at least 4 members (excludes halogenated alkanes) is 3. The minimum atomic E-state index is -1.06. The van der Waals surface area contributed by atoms with Crippen molar-refractivity contribution in [1.29, 1.82) is 0 Å². The molecule has 0 aromatic heterocycles. The first kappa shape index (κ1) is 15.4. The molecular weight excluding hydrogens is 268 g/mol. The lowest BCUT2D eigenvalue weighted by molar-refractivity contribution is -0.142. The minimum absolute atomic E-state index is 0.387. The first-order valence-electron chi connectivity index (χ1n) is 7.44. The second-order valence-electron chi connectivity index (χ2n) is 5.05. The van der Waals surface area contributed by atoms with Gasteiger partial charge in [0, 0.05) is 5.56 Å². The van der Waals surface area contributed by atoms with Crippen LogP contribution in [0.2, 0.25) is 0 Å². The lowest BCUT2D eigenvalue weighted by Crippen LogP contribution is -2.40. The van der Waals surface area contributed by atoms with Crippen molar-refractivity contribution in [2.24, 2.45) is 0 Å². The fourth-order valence-corrected chi connectivity index (χ4v) is 2.28. The highest BCUT2D eigenvalue weighted by Crippen LogP contribution is 2.26. The van der Waals surface area contributed by atoms with Crippen molar-refractivity contribution in [2.75, 3.05) is 18.2 Å². The van der Waals surface area contributed by atoms with Crippen LogP contribution in [0.1, 0.15) is 38.2 Å². The maximum absolute atomic E-state index is 11.3. The molecule has 5 nitrogen and oxygen atoms in total. The van der Waals surface area contributed by atoms with Crippen molar-refractivity contribution in [2.45, 2.75) is 32.6 Å². The molecule has 0 unspecified atom stereocenters. The van der Waals surface area contributed by atoms with Crippen molar-refractivity contribution < 1.29 is 14.8 Å². The molecule has 1 heterocycles. The molecule has 0 bridgehead atoms. The van der Waals surface area contributed by atoms with E-state index in [1.54, 1.807) is 5.06 Å². The Kier molecular flexibility index (Phi) is 5.63. The van der Waals surface area contributed by atoms with Crippen molar-refractivity contribution in [3.8, 4) is 0 Å².